The van der Waals surface area contributed by atoms with Gasteiger partial charge in [-0.2, -0.15) is 0 Å². The first-order valence-electron chi connectivity index (χ1n) is 8.56. The number of carbonyl (C=O) groups excluding carboxylic acids is 1. The van der Waals surface area contributed by atoms with Crippen molar-refractivity contribution in [2.24, 2.45) is 5.41 Å². The first kappa shape index (κ1) is 20.1. The van der Waals surface area contributed by atoms with Crippen molar-refractivity contribution in [3.63, 3.8) is 0 Å². The molecule has 6 atom stereocenters. The average Bonchev–Trinajstić information content (AvgIpc) is 2.59. The molecule has 2 rings (SSSR count). The van der Waals surface area contributed by atoms with Crippen molar-refractivity contribution in [1.29, 1.82) is 0 Å². The van der Waals surface area contributed by atoms with E-state index < -0.39 is 43.3 Å². The molecule has 1 fully saturated rings. The van der Waals surface area contributed by atoms with Crippen LogP contribution in [0.15, 0.2) is 23.8 Å². The molecule has 0 bridgehead atoms. The molecule has 1 heterocycles. The van der Waals surface area contributed by atoms with Gasteiger partial charge < -0.3 is 29.9 Å². The fourth-order valence-electron chi connectivity index (χ4n) is 3.57. The summed E-state index contributed by atoms with van der Waals surface area (Å²) < 4.78 is 10.4. The van der Waals surface area contributed by atoms with E-state index in [4.69, 9.17) is 9.47 Å². The Bertz CT molecular complexity index is 542. The molecular formula is C18H28O7. The van der Waals surface area contributed by atoms with Crippen molar-refractivity contribution in [3.05, 3.63) is 23.8 Å². The van der Waals surface area contributed by atoms with Crippen molar-refractivity contribution in [2.75, 3.05) is 6.61 Å². The highest BCUT2D eigenvalue weighted by Crippen LogP contribution is 2.43. The van der Waals surface area contributed by atoms with E-state index >= 15 is 0 Å². The number of aliphatic hydroxyl groups is 4. The third kappa shape index (κ3) is 4.12. The summed E-state index contributed by atoms with van der Waals surface area (Å²) >= 11 is 0. The van der Waals surface area contributed by atoms with Gasteiger partial charge in [0.25, 0.3) is 0 Å². The molecule has 4 N–H and O–H groups in total. The lowest BCUT2D eigenvalue weighted by Crippen LogP contribution is -2.59. The second-order valence-corrected chi connectivity index (χ2v) is 7.10. The van der Waals surface area contributed by atoms with E-state index in [1.807, 2.05) is 19.9 Å². The number of allylic oxidation sites excluding steroid dienone is 2. The van der Waals surface area contributed by atoms with Gasteiger partial charge in [0.1, 0.15) is 24.4 Å². The molecule has 7 heteroatoms. The third-order valence-electron chi connectivity index (χ3n) is 5.32. The van der Waals surface area contributed by atoms with Crippen molar-refractivity contribution < 1.29 is 34.7 Å². The average molecular weight is 356 g/mol. The van der Waals surface area contributed by atoms with Gasteiger partial charge in [-0.05, 0) is 26.2 Å². The van der Waals surface area contributed by atoms with E-state index in [0.29, 0.717) is 0 Å². The van der Waals surface area contributed by atoms with Gasteiger partial charge in [0.2, 0.25) is 6.29 Å². The van der Waals surface area contributed by atoms with Crippen LogP contribution in [-0.4, -0.2) is 63.7 Å². The molecule has 7 nitrogen and oxygen atoms in total. The highest BCUT2D eigenvalue weighted by atomic mass is 16.7. The van der Waals surface area contributed by atoms with Gasteiger partial charge >= 0.3 is 5.97 Å². The molecule has 0 spiro atoms. The Kier molecular flexibility index (Phi) is 6.40. The lowest BCUT2D eigenvalue weighted by molar-refractivity contribution is -0.292. The summed E-state index contributed by atoms with van der Waals surface area (Å²) in [5.74, 6) is -0.603. The number of rotatable bonds is 5. The minimum absolute atomic E-state index is 0.0311. The van der Waals surface area contributed by atoms with Crippen molar-refractivity contribution in [1.82, 2.24) is 0 Å². The largest absolute Gasteiger partial charge is 0.432 e. The number of ether oxygens (including phenoxy) is 2. The van der Waals surface area contributed by atoms with Gasteiger partial charge in [-0.15, -0.1) is 6.58 Å². The Morgan fingerprint density at radius 3 is 2.64 bits per heavy atom. The number of hydrogen-bond acceptors (Lipinski definition) is 7. The summed E-state index contributed by atoms with van der Waals surface area (Å²) in [4.78, 5) is 12.4. The normalized spacial score (nSPS) is 39.2. The van der Waals surface area contributed by atoms with Crippen LogP contribution in [-0.2, 0) is 14.3 Å². The molecule has 0 unspecified atom stereocenters. The molecule has 0 radical (unpaired) electrons. The summed E-state index contributed by atoms with van der Waals surface area (Å²) in [6.45, 7) is 7.31. The molecule has 0 amide bonds. The van der Waals surface area contributed by atoms with Gasteiger partial charge in [-0.25, -0.2) is 0 Å². The van der Waals surface area contributed by atoms with Gasteiger partial charge in [-0.1, -0.05) is 24.1 Å². The lowest BCUT2D eigenvalue weighted by atomic mass is 9.70. The van der Waals surface area contributed by atoms with Crippen LogP contribution in [0.5, 0.6) is 0 Å². The second-order valence-electron chi connectivity index (χ2n) is 7.10. The summed E-state index contributed by atoms with van der Waals surface area (Å²) in [5, 5.41) is 38.6. The molecule has 2 aliphatic rings. The maximum atomic E-state index is 12.4. The number of hydrogen-bond donors (Lipinski definition) is 4. The van der Waals surface area contributed by atoms with Crippen LogP contribution < -0.4 is 0 Å². The van der Waals surface area contributed by atoms with Gasteiger partial charge in [-0.3, -0.25) is 4.79 Å². The van der Waals surface area contributed by atoms with Crippen molar-refractivity contribution in [2.45, 2.75) is 70.2 Å². The van der Waals surface area contributed by atoms with Crippen LogP contribution in [0.25, 0.3) is 0 Å². The van der Waals surface area contributed by atoms with Crippen molar-refractivity contribution in [3.8, 4) is 0 Å². The Morgan fingerprint density at radius 1 is 1.36 bits per heavy atom. The first-order chi connectivity index (χ1) is 11.7. The zero-order valence-corrected chi connectivity index (χ0v) is 14.7. The van der Waals surface area contributed by atoms with Crippen LogP contribution in [0.3, 0.4) is 0 Å². The highest BCUT2D eigenvalue weighted by Gasteiger charge is 2.45. The topological polar surface area (TPSA) is 116 Å². The molecule has 1 aliphatic carbocycles. The summed E-state index contributed by atoms with van der Waals surface area (Å²) in [5.41, 5.74) is 1.79. The summed E-state index contributed by atoms with van der Waals surface area (Å²) in [6.07, 6.45) is -2.49. The molecule has 1 aliphatic heterocycles. The highest BCUT2D eigenvalue weighted by molar-refractivity contribution is 5.73. The molecule has 1 saturated heterocycles. The van der Waals surface area contributed by atoms with Gasteiger partial charge in [0.05, 0.1) is 13.0 Å². The fourth-order valence-corrected chi connectivity index (χ4v) is 3.57. The van der Waals surface area contributed by atoms with E-state index in [1.165, 1.54) is 0 Å². The molecule has 25 heavy (non-hydrogen) atoms. The summed E-state index contributed by atoms with van der Waals surface area (Å²) in [6, 6.07) is 0. The molecule has 0 aromatic rings. The smallest absolute Gasteiger partial charge is 0.312 e. The van der Waals surface area contributed by atoms with Gasteiger partial charge in [0.15, 0.2) is 0 Å². The minimum atomic E-state index is -1.59. The molecule has 142 valence electrons. The zero-order valence-electron chi connectivity index (χ0n) is 14.7. The van der Waals surface area contributed by atoms with Crippen LogP contribution in [0, 0.1) is 5.41 Å². The van der Waals surface area contributed by atoms with Crippen LogP contribution in [0.2, 0.25) is 0 Å². The second kappa shape index (κ2) is 7.97. The van der Waals surface area contributed by atoms with Crippen LogP contribution >= 0.6 is 0 Å². The maximum absolute atomic E-state index is 12.4. The van der Waals surface area contributed by atoms with E-state index in [2.05, 4.69) is 6.58 Å². The molecule has 0 aromatic heterocycles. The lowest BCUT2D eigenvalue weighted by Gasteiger charge is -2.39. The zero-order chi connectivity index (χ0) is 18.8. The SMILES string of the molecule is C=C[C@@]1(C)CCCC(C)=C1CC(=O)O[C@@H]1O[C@H](CO)[C@@H](O)[C@H](O)[C@H]1O. The predicted molar refractivity (Wildman–Crippen MR) is 89.3 cm³/mol. The maximum Gasteiger partial charge on any atom is 0.312 e. The minimum Gasteiger partial charge on any atom is -0.432 e. The first-order valence-corrected chi connectivity index (χ1v) is 8.56. The molecular weight excluding hydrogens is 328 g/mol. The standard InChI is InChI=1S/C18H28O7/c1-4-18(3)7-5-6-10(2)11(18)8-13(20)25-17-16(23)15(22)14(21)12(9-19)24-17/h4,12,14-17,19,21-23H,1,5-9H2,2-3H3/t12-,14-,15+,16-,17+,18+/m1/s1. The Hall–Kier alpha value is -1.25. The van der Waals surface area contributed by atoms with Crippen molar-refractivity contribution >= 4 is 5.97 Å². The molecule has 0 aromatic carbocycles. The summed E-state index contributed by atoms with van der Waals surface area (Å²) in [7, 11) is 0. The Balaban J connectivity index is 2.07. The quantitative estimate of drug-likeness (QED) is 0.416. The Morgan fingerprint density at radius 2 is 2.04 bits per heavy atom. The number of carbonyl (C=O) groups is 1. The van der Waals surface area contributed by atoms with Gasteiger partial charge in [0, 0.05) is 5.41 Å². The predicted octanol–water partition coefficient (Wildman–Crippen LogP) is 0.412. The third-order valence-corrected chi connectivity index (χ3v) is 5.32. The van der Waals surface area contributed by atoms with E-state index in [0.717, 1.165) is 30.4 Å². The fraction of sp³-hybridized carbons (Fsp3) is 0.722. The van der Waals surface area contributed by atoms with E-state index in [-0.39, 0.29) is 11.8 Å². The van der Waals surface area contributed by atoms with Crippen LogP contribution in [0.4, 0.5) is 0 Å². The number of aliphatic hydroxyl groups excluding tert-OH is 4. The monoisotopic (exact) mass is 356 g/mol. The Labute approximate surface area is 147 Å². The van der Waals surface area contributed by atoms with E-state index in [9.17, 15) is 25.2 Å². The number of esters is 1. The van der Waals surface area contributed by atoms with Crippen LogP contribution in [0.1, 0.15) is 39.5 Å². The molecule has 0 saturated carbocycles. The van der Waals surface area contributed by atoms with E-state index in [1.54, 1.807) is 0 Å².